The summed E-state index contributed by atoms with van der Waals surface area (Å²) in [6.45, 7) is 0.0449. The van der Waals surface area contributed by atoms with Gasteiger partial charge >= 0.3 is 5.97 Å². The molecule has 0 atom stereocenters. The van der Waals surface area contributed by atoms with Crippen LogP contribution in [0.2, 0.25) is 5.02 Å². The van der Waals surface area contributed by atoms with E-state index in [0.717, 1.165) is 0 Å². The van der Waals surface area contributed by atoms with Gasteiger partial charge in [-0.2, -0.15) is 0 Å². The molecular formula is C16H14ClNO6S. The van der Waals surface area contributed by atoms with Crippen molar-refractivity contribution in [3.63, 3.8) is 0 Å². The molecule has 1 N–H and O–H groups in total. The average Bonchev–Trinajstić information content (AvgIpc) is 3.09. The molecule has 0 aliphatic carbocycles. The van der Waals surface area contributed by atoms with E-state index in [1.54, 1.807) is 12.1 Å². The first-order chi connectivity index (χ1) is 11.9. The van der Waals surface area contributed by atoms with Crippen LogP contribution in [0.1, 0.15) is 15.9 Å². The number of carbonyl (C=O) groups is 1. The molecule has 9 heteroatoms. The highest BCUT2D eigenvalue weighted by Crippen LogP contribution is 2.39. The summed E-state index contributed by atoms with van der Waals surface area (Å²) in [6.07, 6.45) is 0. The summed E-state index contributed by atoms with van der Waals surface area (Å²) in [6, 6.07) is 8.87. The number of esters is 1. The Morgan fingerprint density at radius 3 is 2.84 bits per heavy atom. The summed E-state index contributed by atoms with van der Waals surface area (Å²) in [7, 11) is -2.34. The van der Waals surface area contributed by atoms with Gasteiger partial charge in [0.25, 0.3) is 0 Å². The maximum atomic E-state index is 12.2. The van der Waals surface area contributed by atoms with Gasteiger partial charge in [-0.05, 0) is 42.9 Å². The molecule has 0 radical (unpaired) electrons. The molecule has 7 nitrogen and oxygen atoms in total. The van der Waals surface area contributed by atoms with Crippen LogP contribution in [-0.2, 0) is 21.4 Å². The van der Waals surface area contributed by atoms with Crippen LogP contribution in [0.4, 0.5) is 0 Å². The standard InChI is InChI=1S/C16H14ClNO6S/c1-18-25(20,21)12-4-2-3-11(7-12)16(19)22-8-10-5-13(17)15-14(6-10)23-9-24-15/h2-7,18H,8-9H2,1H3. The molecule has 1 aliphatic rings. The van der Waals surface area contributed by atoms with Gasteiger partial charge in [-0.3, -0.25) is 0 Å². The molecule has 0 amide bonds. The lowest BCUT2D eigenvalue weighted by atomic mass is 10.2. The van der Waals surface area contributed by atoms with Gasteiger partial charge in [0, 0.05) is 0 Å². The van der Waals surface area contributed by atoms with Crippen LogP contribution in [0, 0.1) is 0 Å². The second-order valence-electron chi connectivity index (χ2n) is 5.12. The monoisotopic (exact) mass is 383 g/mol. The Morgan fingerprint density at radius 1 is 1.28 bits per heavy atom. The lowest BCUT2D eigenvalue weighted by molar-refractivity contribution is 0.0472. The number of benzene rings is 2. The minimum Gasteiger partial charge on any atom is -0.457 e. The zero-order chi connectivity index (χ0) is 18.0. The van der Waals surface area contributed by atoms with Gasteiger partial charge in [-0.1, -0.05) is 17.7 Å². The van der Waals surface area contributed by atoms with Gasteiger partial charge in [-0.15, -0.1) is 0 Å². The fourth-order valence-electron chi connectivity index (χ4n) is 2.24. The van der Waals surface area contributed by atoms with Crippen molar-refractivity contribution in [1.29, 1.82) is 0 Å². The molecule has 0 fully saturated rings. The Morgan fingerprint density at radius 2 is 2.08 bits per heavy atom. The Kier molecular flexibility index (Phi) is 4.85. The van der Waals surface area contributed by atoms with Crippen LogP contribution in [0.5, 0.6) is 11.5 Å². The maximum Gasteiger partial charge on any atom is 0.338 e. The van der Waals surface area contributed by atoms with Crippen LogP contribution in [-0.4, -0.2) is 28.2 Å². The first-order valence-corrected chi connectivity index (χ1v) is 9.05. The van der Waals surface area contributed by atoms with E-state index in [0.29, 0.717) is 22.1 Å². The normalized spacial score (nSPS) is 12.9. The SMILES string of the molecule is CNS(=O)(=O)c1cccc(C(=O)OCc2cc(Cl)c3c(c2)OCO3)c1. The van der Waals surface area contributed by atoms with Crippen LogP contribution in [0.3, 0.4) is 0 Å². The highest BCUT2D eigenvalue weighted by Gasteiger charge is 2.19. The number of fused-ring (bicyclic) bond motifs is 1. The van der Waals surface area contributed by atoms with Gasteiger partial charge in [0.15, 0.2) is 11.5 Å². The molecule has 0 bridgehead atoms. The summed E-state index contributed by atoms with van der Waals surface area (Å²) in [5.74, 6) is 0.296. The molecule has 0 unspecified atom stereocenters. The third-order valence-corrected chi connectivity index (χ3v) is 5.20. The quantitative estimate of drug-likeness (QED) is 0.797. The molecule has 3 rings (SSSR count). The lowest BCUT2D eigenvalue weighted by Gasteiger charge is -2.08. The van der Waals surface area contributed by atoms with Crippen molar-refractivity contribution in [3.8, 4) is 11.5 Å². The number of hydrogen-bond acceptors (Lipinski definition) is 6. The zero-order valence-corrected chi connectivity index (χ0v) is 14.7. The number of rotatable bonds is 5. The van der Waals surface area contributed by atoms with Crippen molar-refractivity contribution in [2.75, 3.05) is 13.8 Å². The summed E-state index contributed by atoms with van der Waals surface area (Å²) < 4.78 is 41.5. The molecule has 0 aromatic heterocycles. The number of nitrogens with one attached hydrogen (secondary N) is 1. The molecular weight excluding hydrogens is 370 g/mol. The van der Waals surface area contributed by atoms with E-state index in [4.69, 9.17) is 25.8 Å². The number of carbonyl (C=O) groups excluding carboxylic acids is 1. The van der Waals surface area contributed by atoms with Gasteiger partial charge in [0.2, 0.25) is 16.8 Å². The largest absolute Gasteiger partial charge is 0.457 e. The average molecular weight is 384 g/mol. The van der Waals surface area contributed by atoms with Crippen molar-refractivity contribution in [2.24, 2.45) is 0 Å². The van der Waals surface area contributed by atoms with E-state index in [9.17, 15) is 13.2 Å². The fourth-order valence-corrected chi connectivity index (χ4v) is 3.31. The highest BCUT2D eigenvalue weighted by molar-refractivity contribution is 7.89. The van der Waals surface area contributed by atoms with E-state index < -0.39 is 16.0 Å². The third kappa shape index (κ3) is 3.71. The molecule has 2 aromatic carbocycles. The van der Waals surface area contributed by atoms with E-state index >= 15 is 0 Å². The third-order valence-electron chi connectivity index (χ3n) is 3.51. The fraction of sp³-hybridized carbons (Fsp3) is 0.188. The van der Waals surface area contributed by atoms with Crippen molar-refractivity contribution in [3.05, 3.63) is 52.5 Å². The predicted octanol–water partition coefficient (Wildman–Crippen LogP) is 2.33. The Labute approximate surface area is 149 Å². The smallest absolute Gasteiger partial charge is 0.338 e. The number of ether oxygens (including phenoxy) is 3. The molecule has 1 aliphatic heterocycles. The van der Waals surface area contributed by atoms with Crippen molar-refractivity contribution >= 4 is 27.6 Å². The molecule has 1 heterocycles. The van der Waals surface area contributed by atoms with Gasteiger partial charge in [0.05, 0.1) is 15.5 Å². The van der Waals surface area contributed by atoms with Crippen LogP contribution in [0.25, 0.3) is 0 Å². The minimum atomic E-state index is -3.64. The van der Waals surface area contributed by atoms with Crippen molar-refractivity contribution in [2.45, 2.75) is 11.5 Å². The summed E-state index contributed by atoms with van der Waals surface area (Å²) >= 11 is 6.07. The Hall–Kier alpha value is -2.29. The minimum absolute atomic E-state index is 0.0180. The number of hydrogen-bond donors (Lipinski definition) is 1. The van der Waals surface area contributed by atoms with E-state index in [1.165, 1.54) is 31.3 Å². The van der Waals surface area contributed by atoms with E-state index in [2.05, 4.69) is 4.72 Å². The molecule has 2 aromatic rings. The first kappa shape index (κ1) is 17.5. The van der Waals surface area contributed by atoms with Crippen molar-refractivity contribution < 1.29 is 27.4 Å². The molecule has 25 heavy (non-hydrogen) atoms. The summed E-state index contributed by atoms with van der Waals surface area (Å²) in [5, 5.41) is 0.364. The van der Waals surface area contributed by atoms with Crippen molar-refractivity contribution in [1.82, 2.24) is 4.72 Å². The van der Waals surface area contributed by atoms with Gasteiger partial charge < -0.3 is 14.2 Å². The maximum absolute atomic E-state index is 12.2. The molecule has 0 saturated heterocycles. The van der Waals surface area contributed by atoms with E-state index in [1.807, 2.05) is 0 Å². The molecule has 0 saturated carbocycles. The van der Waals surface area contributed by atoms with Gasteiger partial charge in [-0.25, -0.2) is 17.9 Å². The van der Waals surface area contributed by atoms with Crippen LogP contribution in [0.15, 0.2) is 41.3 Å². The number of halogens is 1. The lowest BCUT2D eigenvalue weighted by Crippen LogP contribution is -2.19. The summed E-state index contributed by atoms with van der Waals surface area (Å²) in [5.41, 5.74) is 0.754. The van der Waals surface area contributed by atoms with Gasteiger partial charge in [0.1, 0.15) is 6.61 Å². The second kappa shape index (κ2) is 6.91. The first-order valence-electron chi connectivity index (χ1n) is 7.19. The van der Waals surface area contributed by atoms with E-state index in [-0.39, 0.29) is 23.9 Å². The highest BCUT2D eigenvalue weighted by atomic mass is 35.5. The Balaban J connectivity index is 1.73. The Bertz CT molecular complexity index is 928. The second-order valence-corrected chi connectivity index (χ2v) is 7.42. The number of sulfonamides is 1. The zero-order valence-electron chi connectivity index (χ0n) is 13.1. The molecule has 0 spiro atoms. The summed E-state index contributed by atoms with van der Waals surface area (Å²) in [4.78, 5) is 12.2. The molecule has 132 valence electrons. The predicted molar refractivity (Wildman–Crippen MR) is 89.4 cm³/mol. The van der Waals surface area contributed by atoms with Crippen LogP contribution < -0.4 is 14.2 Å². The topological polar surface area (TPSA) is 90.9 Å². The van der Waals surface area contributed by atoms with Crippen LogP contribution >= 0.6 is 11.6 Å².